The first-order valence-corrected chi connectivity index (χ1v) is 18.3. The molecule has 0 aliphatic rings. The van der Waals surface area contributed by atoms with Crippen LogP contribution in [-0.2, 0) is 0 Å². The minimum atomic E-state index is 0.599. The first-order chi connectivity index (χ1) is 27.2. The van der Waals surface area contributed by atoms with Gasteiger partial charge in [-0.25, -0.2) is 0 Å². The van der Waals surface area contributed by atoms with Crippen molar-refractivity contribution in [2.75, 3.05) is 0 Å². The van der Waals surface area contributed by atoms with E-state index < -0.39 is 0 Å². The number of hydrogen-bond acceptors (Lipinski definition) is 2. The minimum absolute atomic E-state index is 0.599. The van der Waals surface area contributed by atoms with E-state index >= 15 is 0 Å². The number of nitrogens with zero attached hydrogens (tertiary/aromatic N) is 5. The zero-order valence-electron chi connectivity index (χ0n) is 29.5. The number of aromatic nitrogens is 3. The van der Waals surface area contributed by atoms with Crippen LogP contribution in [0.2, 0.25) is 0 Å². The van der Waals surface area contributed by atoms with Crippen molar-refractivity contribution < 1.29 is 0 Å². The molecule has 0 bridgehead atoms. The monoisotopic (exact) mass is 699 g/mol. The molecule has 0 amide bonds. The summed E-state index contributed by atoms with van der Waals surface area (Å²) in [5.41, 5.74) is 12.6. The van der Waals surface area contributed by atoms with E-state index in [2.05, 4.69) is 165 Å². The van der Waals surface area contributed by atoms with Gasteiger partial charge in [0.1, 0.15) is 0 Å². The Hall–Kier alpha value is -7.86. The van der Waals surface area contributed by atoms with Crippen molar-refractivity contribution in [3.05, 3.63) is 187 Å². The smallest absolute Gasteiger partial charge is 0.0998 e. The van der Waals surface area contributed by atoms with Crippen LogP contribution in [0.25, 0.3) is 93.6 Å². The Morgan fingerprint density at radius 2 is 0.800 bits per heavy atom. The molecule has 3 heterocycles. The van der Waals surface area contributed by atoms with Gasteiger partial charge < -0.3 is 13.7 Å². The molecule has 5 nitrogen and oxygen atoms in total. The molecule has 0 spiro atoms. The average molecular weight is 700 g/mol. The van der Waals surface area contributed by atoms with Crippen LogP contribution < -0.4 is 0 Å². The van der Waals surface area contributed by atoms with E-state index in [0.717, 1.165) is 66.4 Å². The maximum atomic E-state index is 10.5. The van der Waals surface area contributed by atoms with E-state index in [1.54, 1.807) is 0 Å². The summed E-state index contributed by atoms with van der Waals surface area (Å²) < 4.78 is 6.90. The maximum absolute atomic E-state index is 10.5. The van der Waals surface area contributed by atoms with Crippen molar-refractivity contribution in [3.63, 3.8) is 0 Å². The standard InChI is InChI=1S/C50H29N5/c51-30-33-23-24-36(28-43(33)32-11-9-13-35(27-32)54-47-21-8-4-17-42(47)50-34(31-52)12-10-22-48(50)54)55-46-20-7-3-16-40(46)41-26-25-37(29-49(41)55)53-44-18-5-1-14-38(44)39-15-2-6-19-45(39)53/h1-29H. The Kier molecular flexibility index (Phi) is 6.61. The third-order valence-corrected chi connectivity index (χ3v) is 11.1. The first-order valence-electron chi connectivity index (χ1n) is 18.3. The van der Waals surface area contributed by atoms with Crippen LogP contribution >= 0.6 is 0 Å². The molecule has 11 rings (SSSR count). The predicted molar refractivity (Wildman–Crippen MR) is 224 cm³/mol. The van der Waals surface area contributed by atoms with Gasteiger partial charge in [-0.3, -0.25) is 0 Å². The van der Waals surface area contributed by atoms with Gasteiger partial charge in [0, 0.05) is 54.9 Å². The molecule has 3 aromatic heterocycles. The Labute approximate surface area is 316 Å². The van der Waals surface area contributed by atoms with Crippen molar-refractivity contribution in [2.24, 2.45) is 0 Å². The molecule has 8 aromatic carbocycles. The van der Waals surface area contributed by atoms with Crippen LogP contribution in [-0.4, -0.2) is 13.7 Å². The van der Waals surface area contributed by atoms with Gasteiger partial charge in [-0.05, 0) is 84.4 Å². The highest BCUT2D eigenvalue weighted by molar-refractivity contribution is 6.13. The van der Waals surface area contributed by atoms with Gasteiger partial charge in [-0.15, -0.1) is 0 Å². The Morgan fingerprint density at radius 3 is 1.45 bits per heavy atom. The average Bonchev–Trinajstić information content (AvgIpc) is 3.89. The molecular formula is C50H29N5. The molecule has 55 heavy (non-hydrogen) atoms. The second kappa shape index (κ2) is 11.8. The van der Waals surface area contributed by atoms with Crippen LogP contribution in [0.1, 0.15) is 11.1 Å². The normalized spacial score (nSPS) is 11.6. The second-order valence-corrected chi connectivity index (χ2v) is 14.0. The van der Waals surface area contributed by atoms with E-state index in [-0.39, 0.29) is 0 Å². The third kappa shape index (κ3) is 4.45. The third-order valence-electron chi connectivity index (χ3n) is 11.1. The molecule has 0 saturated heterocycles. The van der Waals surface area contributed by atoms with Crippen LogP contribution in [0.5, 0.6) is 0 Å². The number of fused-ring (bicyclic) bond motifs is 9. The molecular weight excluding hydrogens is 671 g/mol. The highest BCUT2D eigenvalue weighted by Gasteiger charge is 2.19. The Morgan fingerprint density at radius 1 is 0.327 bits per heavy atom. The van der Waals surface area contributed by atoms with Crippen LogP contribution in [0.15, 0.2) is 176 Å². The lowest BCUT2D eigenvalue weighted by molar-refractivity contribution is 1.15. The summed E-state index contributed by atoms with van der Waals surface area (Å²) in [4.78, 5) is 0. The van der Waals surface area contributed by atoms with Crippen molar-refractivity contribution >= 4 is 65.4 Å². The minimum Gasteiger partial charge on any atom is -0.309 e. The molecule has 0 saturated carbocycles. The van der Waals surface area contributed by atoms with Gasteiger partial charge in [0.25, 0.3) is 0 Å². The zero-order chi connectivity index (χ0) is 36.6. The van der Waals surface area contributed by atoms with E-state index in [1.807, 2.05) is 36.4 Å². The lowest BCUT2D eigenvalue weighted by Gasteiger charge is -2.14. The summed E-state index contributed by atoms with van der Waals surface area (Å²) in [5, 5.41) is 27.2. The second-order valence-electron chi connectivity index (χ2n) is 14.0. The molecule has 0 atom stereocenters. The Balaban J connectivity index is 1.13. The van der Waals surface area contributed by atoms with Crippen LogP contribution in [0, 0.1) is 22.7 Å². The topological polar surface area (TPSA) is 62.4 Å². The van der Waals surface area contributed by atoms with Crippen molar-refractivity contribution in [1.29, 1.82) is 10.5 Å². The quantitative estimate of drug-likeness (QED) is 0.184. The summed E-state index contributed by atoms with van der Waals surface area (Å²) in [5.74, 6) is 0. The van der Waals surface area contributed by atoms with Gasteiger partial charge in [0.05, 0.1) is 56.4 Å². The SMILES string of the molecule is N#Cc1ccc(-n2c3ccccc3c3ccc(-n4c5ccccc5c5ccccc54)cc32)cc1-c1cccc(-n2c3ccccc3c3c(C#N)cccc32)c1. The molecule has 11 aromatic rings. The summed E-state index contributed by atoms with van der Waals surface area (Å²) in [7, 11) is 0. The van der Waals surface area contributed by atoms with Gasteiger partial charge in [-0.2, -0.15) is 10.5 Å². The predicted octanol–water partition coefficient (Wildman–Crippen LogP) is 12.4. The molecule has 0 aliphatic heterocycles. The molecule has 5 heteroatoms. The number of para-hydroxylation sites is 4. The fraction of sp³-hybridized carbons (Fsp3) is 0. The lowest BCUT2D eigenvalue weighted by Crippen LogP contribution is -1.99. The fourth-order valence-corrected chi connectivity index (χ4v) is 8.79. The van der Waals surface area contributed by atoms with Gasteiger partial charge >= 0.3 is 0 Å². The highest BCUT2D eigenvalue weighted by atomic mass is 15.0. The van der Waals surface area contributed by atoms with E-state index in [4.69, 9.17) is 0 Å². The van der Waals surface area contributed by atoms with E-state index in [0.29, 0.717) is 11.1 Å². The van der Waals surface area contributed by atoms with Crippen LogP contribution in [0.4, 0.5) is 0 Å². The van der Waals surface area contributed by atoms with Gasteiger partial charge in [0.2, 0.25) is 0 Å². The lowest BCUT2D eigenvalue weighted by atomic mass is 9.99. The van der Waals surface area contributed by atoms with E-state index in [1.165, 1.54) is 27.2 Å². The van der Waals surface area contributed by atoms with Crippen molar-refractivity contribution in [3.8, 4) is 40.3 Å². The molecule has 0 radical (unpaired) electrons. The fourth-order valence-electron chi connectivity index (χ4n) is 8.79. The van der Waals surface area contributed by atoms with Crippen LogP contribution in [0.3, 0.4) is 0 Å². The molecule has 0 N–H and O–H groups in total. The summed E-state index contributed by atoms with van der Waals surface area (Å²) >= 11 is 0. The number of benzene rings is 8. The van der Waals surface area contributed by atoms with Gasteiger partial charge in [-0.1, -0.05) is 97.1 Å². The molecule has 0 fully saturated rings. The molecule has 254 valence electrons. The number of hydrogen-bond donors (Lipinski definition) is 0. The number of rotatable bonds is 4. The van der Waals surface area contributed by atoms with E-state index in [9.17, 15) is 10.5 Å². The largest absolute Gasteiger partial charge is 0.309 e. The first kappa shape index (κ1) is 30.7. The summed E-state index contributed by atoms with van der Waals surface area (Å²) in [6, 6.07) is 66.0. The van der Waals surface area contributed by atoms with Crippen molar-refractivity contribution in [1.82, 2.24) is 13.7 Å². The van der Waals surface area contributed by atoms with Gasteiger partial charge in [0.15, 0.2) is 0 Å². The maximum Gasteiger partial charge on any atom is 0.0998 e. The molecule has 0 aliphatic carbocycles. The number of nitriles is 2. The zero-order valence-corrected chi connectivity index (χ0v) is 29.5. The highest BCUT2D eigenvalue weighted by Crippen LogP contribution is 2.39. The molecule has 0 unspecified atom stereocenters. The summed E-state index contributed by atoms with van der Waals surface area (Å²) in [6.07, 6.45) is 0. The summed E-state index contributed by atoms with van der Waals surface area (Å²) in [6.45, 7) is 0. The Bertz CT molecular complexity index is 3420. The van der Waals surface area contributed by atoms with Crippen molar-refractivity contribution in [2.45, 2.75) is 0 Å².